The molecule has 0 saturated heterocycles. The molecule has 0 fully saturated rings. The van der Waals surface area contributed by atoms with E-state index >= 15 is 0 Å². The van der Waals surface area contributed by atoms with E-state index in [1.165, 1.54) is 97.7 Å². The van der Waals surface area contributed by atoms with Gasteiger partial charge in [-0.25, -0.2) is 0 Å². The number of hydrogen-bond donors (Lipinski definition) is 0. The van der Waals surface area contributed by atoms with Gasteiger partial charge in [-0.1, -0.05) is 0 Å². The number of carbonyl (C=O) groups excluding carboxylic acids is 8. The molecular weight excluding hydrogens is 2450 g/mol. The molecule has 8 aliphatic rings. The Kier molecular flexibility index (Phi) is 23.9. The third-order valence-electron chi connectivity index (χ3n) is 27.7. The standard InChI is InChI=1S/C34H19NO2STe.C34H19NO2SeTe.C30H17NO2STe.C30H17NO2SeTe/c2*36-33-25(34(37)32-24-12-4-2-10-22(24)21-9-1-3-11-23(21)31(32)33)19-20-17-18-30(39-20)35-26-13-5-7-15-28(26)38-29-16-8-6-14-27(29)35;2*32-29-21-15-13-18-7-1-2-8-20(18)28(21)30(33)22(29)17-19-14-16-27(35-19)31-23-9-3-5-11-25(23)34-26-12-6-4-10-24(26)31/h2*1-19H;2*1-17H/b;;2*22-17+. The average molecular weight is 2530 g/mol. The minimum absolute atomic E-state index is 0.153. The van der Waals surface area contributed by atoms with Crippen LogP contribution in [0.2, 0.25) is 0 Å². The van der Waals surface area contributed by atoms with Crippen LogP contribution in [0, 0.1) is 0 Å². The molecule has 4 aliphatic heterocycles. The zero-order valence-electron chi connectivity index (χ0n) is 77.9. The van der Waals surface area contributed by atoms with Crippen molar-refractivity contribution in [3.63, 3.8) is 0 Å². The van der Waals surface area contributed by atoms with Crippen molar-refractivity contribution in [2.24, 2.45) is 0 Å². The Labute approximate surface area is 909 Å². The van der Waals surface area contributed by atoms with E-state index in [2.05, 4.69) is 262 Å². The number of rotatable bonds is 8. The van der Waals surface area contributed by atoms with E-state index in [1.807, 2.05) is 182 Å². The summed E-state index contributed by atoms with van der Waals surface area (Å²) >= 11 is 0.880. The van der Waals surface area contributed by atoms with E-state index in [4.69, 9.17) is 0 Å². The molecule has 0 radical (unpaired) electrons. The molecule has 4 aliphatic carbocycles. The number of para-hydroxylation sites is 8. The van der Waals surface area contributed by atoms with Crippen molar-refractivity contribution in [1.82, 2.24) is 0 Å². The summed E-state index contributed by atoms with van der Waals surface area (Å²) in [6, 6.07) is 140. The number of Topliss-reactive ketones (excluding diaryl/α,β-unsaturated/α-hetero) is 8. The van der Waals surface area contributed by atoms with Gasteiger partial charge in [0.25, 0.3) is 0 Å². The molecule has 0 spiro atoms. The van der Waals surface area contributed by atoms with Crippen LogP contribution in [-0.4, -0.2) is 158 Å². The molecule has 0 bridgehead atoms. The number of benzene rings is 18. The Morgan fingerprint density at radius 1 is 0.182 bits per heavy atom. The second kappa shape index (κ2) is 38.2. The normalized spacial score (nSPS) is 14.7. The van der Waals surface area contributed by atoms with Crippen molar-refractivity contribution >= 4 is 349 Å². The minimum atomic E-state index is -0.840. The second-order valence-corrected chi connectivity index (χ2v) is 55.4. The van der Waals surface area contributed by atoms with Crippen molar-refractivity contribution in [2.45, 2.75) is 19.6 Å². The summed E-state index contributed by atoms with van der Waals surface area (Å²) in [5.41, 5.74) is 15.2. The number of carbonyl (C=O) groups is 8. The van der Waals surface area contributed by atoms with Crippen molar-refractivity contribution in [3.8, 4) is 0 Å². The van der Waals surface area contributed by atoms with Crippen LogP contribution in [-0.2, 0) is 0 Å². The molecule has 18 aromatic carbocycles. The van der Waals surface area contributed by atoms with E-state index in [9.17, 15) is 38.4 Å². The quantitative estimate of drug-likeness (QED) is 0.0614. The molecule has 700 valence electrons. The Balaban J connectivity index is 0.0000000975. The average Bonchev–Trinajstić information content (AvgIpc) is 1.56. The first-order valence-electron chi connectivity index (χ1n) is 47.9. The fourth-order valence-corrected chi connectivity index (χ4v) is 38.9. The van der Waals surface area contributed by atoms with Gasteiger partial charge in [0.05, 0.1) is 0 Å². The van der Waals surface area contributed by atoms with Crippen LogP contribution in [0.4, 0.5) is 60.3 Å². The number of hydrogen-bond acceptors (Lipinski definition) is 14. The molecule has 4 aromatic heterocycles. The van der Waals surface area contributed by atoms with Crippen molar-refractivity contribution in [3.05, 3.63) is 494 Å². The number of fused-ring (bicyclic) bond motifs is 26. The van der Waals surface area contributed by atoms with Gasteiger partial charge in [-0.15, -0.1) is 0 Å². The van der Waals surface area contributed by atoms with Crippen LogP contribution >= 0.6 is 23.5 Å². The summed E-state index contributed by atoms with van der Waals surface area (Å²) in [6.45, 7) is 0. The summed E-state index contributed by atoms with van der Waals surface area (Å²) in [7, 11) is 0. The summed E-state index contributed by atoms with van der Waals surface area (Å²) in [4.78, 5) is 123. The number of ketones is 8. The van der Waals surface area contributed by atoms with Crippen LogP contribution < -0.4 is 37.4 Å². The fraction of sp³-hybridized carbons (Fsp3) is 0. The van der Waals surface area contributed by atoms with Gasteiger partial charge in [-0.2, -0.15) is 0 Å². The molecule has 0 amide bonds. The Bertz CT molecular complexity index is 8890. The van der Waals surface area contributed by atoms with Crippen LogP contribution in [0.15, 0.2) is 454 Å². The first kappa shape index (κ1) is 92.5. The Hall–Kier alpha value is -14.1. The molecule has 148 heavy (non-hydrogen) atoms. The second-order valence-electron chi connectivity index (χ2n) is 36.2. The van der Waals surface area contributed by atoms with Crippen molar-refractivity contribution < 1.29 is 38.4 Å². The van der Waals surface area contributed by atoms with Gasteiger partial charge < -0.3 is 0 Å². The zero-order chi connectivity index (χ0) is 99.2. The molecule has 12 nitrogen and oxygen atoms in total. The molecule has 0 atom stereocenters. The first-order valence-corrected chi connectivity index (χ1v) is 62.3. The van der Waals surface area contributed by atoms with Crippen LogP contribution in [0.5, 0.6) is 0 Å². The third kappa shape index (κ3) is 15.8. The zero-order valence-corrected chi connectivity index (χ0v) is 92.3. The first-order chi connectivity index (χ1) is 72.7. The van der Waals surface area contributed by atoms with Gasteiger partial charge >= 0.3 is 920 Å². The van der Waals surface area contributed by atoms with Crippen molar-refractivity contribution in [2.75, 3.05) is 19.6 Å². The van der Waals surface area contributed by atoms with Crippen molar-refractivity contribution in [1.29, 1.82) is 0 Å². The molecule has 0 N–H and O–H groups in total. The van der Waals surface area contributed by atoms with Gasteiger partial charge in [-0.3, -0.25) is 0 Å². The predicted octanol–water partition coefficient (Wildman–Crippen LogP) is 26.5. The van der Waals surface area contributed by atoms with Crippen LogP contribution in [0.3, 0.4) is 0 Å². The number of nitrogens with zero attached hydrogens (tertiary/aromatic N) is 4. The molecule has 22 aromatic rings. The Morgan fingerprint density at radius 3 is 0.669 bits per heavy atom. The molecule has 0 unspecified atom stereocenters. The van der Waals surface area contributed by atoms with Gasteiger partial charge in [0.15, 0.2) is 0 Å². The van der Waals surface area contributed by atoms with E-state index in [0.29, 0.717) is 55.7 Å². The SMILES string of the molecule is O=C1/C(=C\c2ccc(N3c4ccccc4Sc4ccccc43)[te]2)C(=O)c2c1ccc1ccccc21.O=C1/C(=C\c2ccc(N3c4ccccc4[Se]c4ccccc43)[te]2)C(=O)c2c1ccc1ccccc21.O=C1C(=Cc2ccc(N3c4ccccc4Sc4ccccc43)[te]2)C(=O)c2c1c1ccccc1c1ccccc21.O=C1C(=Cc2ccc(N3c4ccccc4[Se]c4ccccc43)[te]2)C(=O)c2c1c1ccccc1c1ccccc21. The van der Waals surface area contributed by atoms with E-state index < -0.39 is 81.7 Å². The predicted molar refractivity (Wildman–Crippen MR) is 608 cm³/mol. The third-order valence-corrected chi connectivity index (χ3v) is 46.4. The molecular formula is C128H72N4O8S2Se2Te4. The number of allylic oxidation sites excluding steroid dienone is 4. The summed E-state index contributed by atoms with van der Waals surface area (Å²) in [5.74, 6) is -1.27. The van der Waals surface area contributed by atoms with Gasteiger partial charge in [-0.05, 0) is 0 Å². The number of anilines is 12. The van der Waals surface area contributed by atoms with Gasteiger partial charge in [0.1, 0.15) is 0 Å². The van der Waals surface area contributed by atoms with Gasteiger partial charge in [0, 0.05) is 0 Å². The summed E-state index contributed by atoms with van der Waals surface area (Å²) in [5, 5.41) is 11.1. The summed E-state index contributed by atoms with van der Waals surface area (Å²) < 4.78 is 14.9. The van der Waals surface area contributed by atoms with E-state index in [0.717, 1.165) is 79.0 Å². The Morgan fingerprint density at radius 2 is 0.392 bits per heavy atom. The molecule has 8 heterocycles. The summed E-state index contributed by atoms with van der Waals surface area (Å²) in [6.07, 6.45) is 7.46. The maximum atomic E-state index is 13.8. The van der Waals surface area contributed by atoms with Gasteiger partial charge in [0.2, 0.25) is 0 Å². The van der Waals surface area contributed by atoms with E-state index in [1.54, 1.807) is 35.7 Å². The fourth-order valence-electron chi connectivity index (χ4n) is 21.2. The van der Waals surface area contributed by atoms with Crippen LogP contribution in [0.1, 0.15) is 97.2 Å². The van der Waals surface area contributed by atoms with Crippen LogP contribution in [0.25, 0.3) is 88.9 Å². The van der Waals surface area contributed by atoms with E-state index in [-0.39, 0.29) is 87.3 Å². The molecule has 0 saturated carbocycles. The maximum absolute atomic E-state index is 13.8. The topological polar surface area (TPSA) is 150 Å². The monoisotopic (exact) mass is 2540 g/mol. The molecule has 30 rings (SSSR count). The molecule has 20 heteroatoms.